The number of fused-ring (bicyclic) bond motifs is 3. The van der Waals surface area contributed by atoms with Crippen LogP contribution >= 0.6 is 11.3 Å². The maximum Gasteiger partial charge on any atom is 0.208 e. The lowest BCUT2D eigenvalue weighted by Gasteiger charge is -2.32. The first-order chi connectivity index (χ1) is 17.7. The molecule has 11 heteroatoms. The highest BCUT2D eigenvalue weighted by Gasteiger charge is 2.33. The second-order valence-corrected chi connectivity index (χ2v) is 10.6. The third-order valence-corrected chi connectivity index (χ3v) is 8.23. The number of nitrogens with one attached hydrogen (secondary N) is 2. The highest BCUT2D eigenvalue weighted by Crippen LogP contribution is 2.37. The SMILES string of the molecule is N#Cc1cnn2c(-c3cc(N[C@H]4CCOC4)c(-c4nnc(N5CC6CCC(C5)N6)s4)cn3)ccc2c1. The van der Waals surface area contributed by atoms with Crippen LogP contribution in [0.5, 0.6) is 0 Å². The Kier molecular flexibility index (Phi) is 5.31. The Morgan fingerprint density at radius 3 is 2.81 bits per heavy atom. The second kappa shape index (κ2) is 8.81. The predicted molar refractivity (Wildman–Crippen MR) is 137 cm³/mol. The zero-order chi connectivity index (χ0) is 24.1. The van der Waals surface area contributed by atoms with Crippen molar-refractivity contribution in [1.82, 2.24) is 30.1 Å². The van der Waals surface area contributed by atoms with Gasteiger partial charge in [-0.3, -0.25) is 4.98 Å². The van der Waals surface area contributed by atoms with E-state index >= 15 is 0 Å². The first-order valence-electron chi connectivity index (χ1n) is 12.3. The Bertz CT molecular complexity index is 1460. The number of nitrogens with zero attached hydrogens (tertiary/aromatic N) is 7. The zero-order valence-electron chi connectivity index (χ0n) is 19.6. The summed E-state index contributed by atoms with van der Waals surface area (Å²) in [6.45, 7) is 3.39. The Hall–Kier alpha value is -3.59. The van der Waals surface area contributed by atoms with E-state index in [1.165, 1.54) is 12.8 Å². The molecule has 4 aromatic rings. The molecule has 7 heterocycles. The molecule has 3 saturated heterocycles. The van der Waals surface area contributed by atoms with Crippen molar-refractivity contribution >= 4 is 27.7 Å². The molecule has 2 bridgehead atoms. The summed E-state index contributed by atoms with van der Waals surface area (Å²) in [5.41, 5.74) is 4.94. The van der Waals surface area contributed by atoms with E-state index in [4.69, 9.17) is 9.72 Å². The topological polar surface area (TPSA) is 116 Å². The summed E-state index contributed by atoms with van der Waals surface area (Å²) in [5.74, 6) is 0. The van der Waals surface area contributed by atoms with Crippen LogP contribution in [0.15, 0.2) is 36.7 Å². The minimum absolute atomic E-state index is 0.232. The molecular formula is C25H25N9OS. The smallest absolute Gasteiger partial charge is 0.208 e. The summed E-state index contributed by atoms with van der Waals surface area (Å²) in [7, 11) is 0. The van der Waals surface area contributed by atoms with Gasteiger partial charge in [-0.15, -0.1) is 10.2 Å². The monoisotopic (exact) mass is 499 g/mol. The summed E-state index contributed by atoms with van der Waals surface area (Å²) < 4.78 is 7.42. The molecule has 36 heavy (non-hydrogen) atoms. The molecule has 7 rings (SSSR count). The number of anilines is 2. The van der Waals surface area contributed by atoms with Gasteiger partial charge in [-0.25, -0.2) is 4.52 Å². The fourth-order valence-corrected chi connectivity index (χ4v) is 6.30. The molecule has 4 aromatic heterocycles. The lowest BCUT2D eigenvalue weighted by atomic mass is 10.1. The van der Waals surface area contributed by atoms with Crippen molar-refractivity contribution in [1.29, 1.82) is 5.26 Å². The van der Waals surface area contributed by atoms with Gasteiger partial charge < -0.3 is 20.3 Å². The van der Waals surface area contributed by atoms with Crippen LogP contribution in [0.25, 0.3) is 27.5 Å². The van der Waals surface area contributed by atoms with Crippen LogP contribution in [0.1, 0.15) is 24.8 Å². The lowest BCUT2D eigenvalue weighted by Crippen LogP contribution is -2.51. The normalized spacial score (nSPS) is 23.3. The number of hydrogen-bond acceptors (Lipinski definition) is 10. The van der Waals surface area contributed by atoms with Crippen molar-refractivity contribution in [3.05, 3.63) is 42.2 Å². The van der Waals surface area contributed by atoms with E-state index in [1.54, 1.807) is 17.5 Å². The standard InChI is InChI=1S/C25H25N9OS/c26-9-15-7-19-3-4-23(34(19)28-10-15)22-8-21(30-18-5-6-35-14-18)20(11-27-22)24-31-32-25(36-24)33-12-16-1-2-17(13-33)29-16/h3-4,7-8,10-11,16-18,29H,1-2,5-6,12-14H2,(H,27,30)/t16?,17?,18-/m0/s1. The molecule has 0 aromatic carbocycles. The van der Waals surface area contributed by atoms with Crippen molar-refractivity contribution < 1.29 is 4.74 Å². The number of piperazine rings is 1. The van der Waals surface area contributed by atoms with Gasteiger partial charge in [0.15, 0.2) is 5.01 Å². The van der Waals surface area contributed by atoms with Gasteiger partial charge in [-0.05, 0) is 43.5 Å². The summed E-state index contributed by atoms with van der Waals surface area (Å²) in [4.78, 5) is 7.17. The molecule has 0 spiro atoms. The number of rotatable bonds is 5. The van der Waals surface area contributed by atoms with Gasteiger partial charge in [0, 0.05) is 43.7 Å². The Labute approximate surface area is 211 Å². The van der Waals surface area contributed by atoms with Crippen LogP contribution in [0.2, 0.25) is 0 Å². The maximum atomic E-state index is 9.20. The molecule has 0 aliphatic carbocycles. The number of nitriles is 1. The van der Waals surface area contributed by atoms with Gasteiger partial charge >= 0.3 is 0 Å². The summed E-state index contributed by atoms with van der Waals surface area (Å²) >= 11 is 1.62. The van der Waals surface area contributed by atoms with Crippen LogP contribution in [-0.4, -0.2) is 69.2 Å². The van der Waals surface area contributed by atoms with E-state index in [9.17, 15) is 5.26 Å². The molecule has 3 atom stereocenters. The largest absolute Gasteiger partial charge is 0.379 e. The molecule has 0 amide bonds. The number of hydrogen-bond donors (Lipinski definition) is 2. The van der Waals surface area contributed by atoms with Crippen molar-refractivity contribution in [2.75, 3.05) is 36.5 Å². The van der Waals surface area contributed by atoms with Gasteiger partial charge in [-0.2, -0.15) is 10.4 Å². The first-order valence-corrected chi connectivity index (χ1v) is 13.1. The average molecular weight is 500 g/mol. The average Bonchev–Trinajstić information content (AvgIpc) is 3.71. The van der Waals surface area contributed by atoms with Gasteiger partial charge in [0.05, 0.1) is 46.9 Å². The number of ether oxygens (including phenoxy) is 1. The van der Waals surface area contributed by atoms with E-state index in [0.717, 1.165) is 64.4 Å². The van der Waals surface area contributed by atoms with Crippen LogP contribution in [-0.2, 0) is 4.74 Å². The van der Waals surface area contributed by atoms with Crippen LogP contribution in [0.4, 0.5) is 10.8 Å². The predicted octanol–water partition coefficient (Wildman–Crippen LogP) is 2.93. The summed E-state index contributed by atoms with van der Waals surface area (Å²) in [6, 6.07) is 11.3. The molecule has 3 aliphatic rings. The first kappa shape index (κ1) is 21.7. The molecule has 0 radical (unpaired) electrons. The van der Waals surface area contributed by atoms with Crippen molar-refractivity contribution in [2.24, 2.45) is 0 Å². The van der Waals surface area contributed by atoms with Gasteiger partial charge in [0.25, 0.3) is 0 Å². The van der Waals surface area contributed by atoms with Gasteiger partial charge in [0.1, 0.15) is 6.07 Å². The van der Waals surface area contributed by atoms with E-state index in [0.29, 0.717) is 24.3 Å². The summed E-state index contributed by atoms with van der Waals surface area (Å²) in [6.07, 6.45) is 6.87. The summed E-state index contributed by atoms with van der Waals surface area (Å²) in [5, 5.41) is 32.0. The highest BCUT2D eigenvalue weighted by molar-refractivity contribution is 7.18. The van der Waals surface area contributed by atoms with Crippen molar-refractivity contribution in [2.45, 2.75) is 37.4 Å². The molecular weight excluding hydrogens is 474 g/mol. The van der Waals surface area contributed by atoms with E-state index in [1.807, 2.05) is 28.9 Å². The zero-order valence-corrected chi connectivity index (χ0v) is 20.4. The van der Waals surface area contributed by atoms with Crippen molar-refractivity contribution in [3.8, 4) is 28.0 Å². The molecule has 3 aliphatic heterocycles. The van der Waals surface area contributed by atoms with E-state index < -0.39 is 0 Å². The minimum Gasteiger partial charge on any atom is -0.379 e. The highest BCUT2D eigenvalue weighted by atomic mass is 32.1. The van der Waals surface area contributed by atoms with E-state index in [-0.39, 0.29) is 6.04 Å². The minimum atomic E-state index is 0.232. The molecule has 182 valence electrons. The van der Waals surface area contributed by atoms with Gasteiger partial charge in [-0.1, -0.05) is 11.3 Å². The van der Waals surface area contributed by atoms with Crippen molar-refractivity contribution in [3.63, 3.8) is 0 Å². The second-order valence-electron chi connectivity index (χ2n) is 9.66. The quantitative estimate of drug-likeness (QED) is 0.427. The third kappa shape index (κ3) is 3.87. The fraction of sp³-hybridized carbons (Fsp3) is 0.400. The molecule has 3 fully saturated rings. The number of pyridine rings is 1. The maximum absolute atomic E-state index is 9.20. The van der Waals surface area contributed by atoms with Crippen LogP contribution in [0, 0.1) is 11.3 Å². The fourth-order valence-electron chi connectivity index (χ4n) is 5.41. The van der Waals surface area contributed by atoms with Crippen LogP contribution < -0.4 is 15.5 Å². The molecule has 10 nitrogen and oxygen atoms in total. The Balaban J connectivity index is 1.25. The third-order valence-electron chi connectivity index (χ3n) is 7.22. The molecule has 2 N–H and O–H groups in total. The Morgan fingerprint density at radius 2 is 2.00 bits per heavy atom. The van der Waals surface area contributed by atoms with Gasteiger partial charge in [0.2, 0.25) is 5.13 Å². The van der Waals surface area contributed by atoms with Crippen LogP contribution in [0.3, 0.4) is 0 Å². The van der Waals surface area contributed by atoms with E-state index in [2.05, 4.69) is 43.0 Å². The lowest BCUT2D eigenvalue weighted by molar-refractivity contribution is 0.195. The number of aromatic nitrogens is 5. The molecule has 0 saturated carbocycles. The molecule has 2 unspecified atom stereocenters. The Morgan fingerprint density at radius 1 is 1.11 bits per heavy atom.